The zero-order valence-electron chi connectivity index (χ0n) is 9.53. The molecule has 3 N–H and O–H groups in total. The number of aromatic nitrogens is 2. The van der Waals surface area contributed by atoms with Gasteiger partial charge in [0.2, 0.25) is 0 Å². The van der Waals surface area contributed by atoms with Gasteiger partial charge in [-0.05, 0) is 17.5 Å². The molecule has 3 heteroatoms. The van der Waals surface area contributed by atoms with Gasteiger partial charge < -0.3 is 10.7 Å². The van der Waals surface area contributed by atoms with Crippen LogP contribution in [-0.4, -0.2) is 9.97 Å². The Morgan fingerprint density at radius 1 is 1.25 bits per heavy atom. The summed E-state index contributed by atoms with van der Waals surface area (Å²) in [6.07, 6.45) is 4.15. The molecule has 0 saturated carbocycles. The van der Waals surface area contributed by atoms with Gasteiger partial charge in [-0.15, -0.1) is 0 Å². The van der Waals surface area contributed by atoms with E-state index in [0.29, 0.717) is 6.54 Å². The maximum Gasteiger partial charge on any atom is 0.120 e. The van der Waals surface area contributed by atoms with E-state index in [4.69, 9.17) is 5.73 Å². The van der Waals surface area contributed by atoms with Gasteiger partial charge in [0.15, 0.2) is 0 Å². The first kappa shape index (κ1) is 10.9. The van der Waals surface area contributed by atoms with E-state index >= 15 is 0 Å². The Bertz CT molecular complexity index is 442. The topological polar surface area (TPSA) is 54.7 Å². The third-order valence-electron chi connectivity index (χ3n) is 2.63. The predicted octanol–water partition coefficient (Wildman–Crippen LogP) is 2.49. The minimum absolute atomic E-state index is 0.452. The number of nitrogens with two attached hydrogens (primary N) is 1. The predicted molar refractivity (Wildman–Crippen MR) is 65.9 cm³/mol. The molecule has 1 aromatic heterocycles. The van der Waals surface area contributed by atoms with Crippen LogP contribution in [0, 0.1) is 0 Å². The van der Waals surface area contributed by atoms with E-state index in [1.807, 2.05) is 6.20 Å². The van der Waals surface area contributed by atoms with E-state index in [1.54, 1.807) is 0 Å². The summed E-state index contributed by atoms with van der Waals surface area (Å²) in [5.41, 5.74) is 9.08. The molecule has 0 unspecified atom stereocenters. The molecule has 2 rings (SSSR count). The summed E-state index contributed by atoms with van der Waals surface area (Å²) in [7, 11) is 0. The molecule has 84 valence electrons. The number of aromatic amines is 1. The third kappa shape index (κ3) is 2.31. The normalized spacial score (nSPS) is 10.6. The van der Waals surface area contributed by atoms with Gasteiger partial charge in [-0.3, -0.25) is 0 Å². The van der Waals surface area contributed by atoms with Crippen LogP contribution in [0.15, 0.2) is 30.5 Å². The van der Waals surface area contributed by atoms with Crippen LogP contribution in [0.3, 0.4) is 0 Å². The highest BCUT2D eigenvalue weighted by Crippen LogP contribution is 2.18. The van der Waals surface area contributed by atoms with Crippen molar-refractivity contribution in [3.63, 3.8) is 0 Å². The van der Waals surface area contributed by atoms with Crippen LogP contribution in [0.1, 0.15) is 24.7 Å². The Labute approximate surface area is 95.7 Å². The summed E-state index contributed by atoms with van der Waals surface area (Å²) in [4.78, 5) is 7.38. The first-order valence-electron chi connectivity index (χ1n) is 5.66. The third-order valence-corrected chi connectivity index (χ3v) is 2.63. The van der Waals surface area contributed by atoms with E-state index in [1.165, 1.54) is 12.0 Å². The lowest BCUT2D eigenvalue weighted by Gasteiger charge is -2.01. The van der Waals surface area contributed by atoms with Crippen LogP contribution in [-0.2, 0) is 13.0 Å². The molecular weight excluding hydrogens is 198 g/mol. The Morgan fingerprint density at radius 2 is 2.00 bits per heavy atom. The summed E-state index contributed by atoms with van der Waals surface area (Å²) in [6, 6.07) is 8.58. The van der Waals surface area contributed by atoms with Crippen LogP contribution >= 0.6 is 0 Å². The molecule has 0 aliphatic rings. The lowest BCUT2D eigenvalue weighted by Crippen LogP contribution is -1.97. The first-order valence-corrected chi connectivity index (χ1v) is 5.66. The molecule has 0 atom stereocenters. The molecule has 0 radical (unpaired) electrons. The van der Waals surface area contributed by atoms with Gasteiger partial charge >= 0.3 is 0 Å². The summed E-state index contributed by atoms with van der Waals surface area (Å²) in [6.45, 7) is 2.64. The second-order valence-electron chi connectivity index (χ2n) is 3.89. The van der Waals surface area contributed by atoms with Crippen molar-refractivity contribution in [3.05, 3.63) is 41.9 Å². The van der Waals surface area contributed by atoms with Crippen LogP contribution in [0.2, 0.25) is 0 Å². The summed E-state index contributed by atoms with van der Waals surface area (Å²) < 4.78 is 0. The standard InChI is InChI=1S/C13H17N3/c1-2-3-10-4-6-11(7-5-10)12-9-15-13(8-14)16-12/h4-7,9H,2-3,8,14H2,1H3,(H,15,16). The first-order chi connectivity index (χ1) is 7.83. The van der Waals surface area contributed by atoms with Crippen LogP contribution in [0.5, 0.6) is 0 Å². The molecule has 3 nitrogen and oxygen atoms in total. The van der Waals surface area contributed by atoms with Gasteiger partial charge in [0.25, 0.3) is 0 Å². The van der Waals surface area contributed by atoms with E-state index in [0.717, 1.165) is 23.5 Å². The fourth-order valence-electron chi connectivity index (χ4n) is 1.75. The maximum absolute atomic E-state index is 5.51. The van der Waals surface area contributed by atoms with Crippen molar-refractivity contribution in [2.45, 2.75) is 26.3 Å². The van der Waals surface area contributed by atoms with E-state index in [2.05, 4.69) is 41.2 Å². The molecule has 16 heavy (non-hydrogen) atoms. The van der Waals surface area contributed by atoms with Crippen molar-refractivity contribution in [2.75, 3.05) is 0 Å². The average Bonchev–Trinajstić information content (AvgIpc) is 2.79. The molecular formula is C13H17N3. The van der Waals surface area contributed by atoms with Crippen molar-refractivity contribution in [1.29, 1.82) is 0 Å². The lowest BCUT2D eigenvalue weighted by molar-refractivity contribution is 0.922. The second kappa shape index (κ2) is 4.94. The number of hydrogen-bond acceptors (Lipinski definition) is 2. The van der Waals surface area contributed by atoms with Crippen LogP contribution in [0.4, 0.5) is 0 Å². The van der Waals surface area contributed by atoms with Crippen molar-refractivity contribution < 1.29 is 0 Å². The highest BCUT2D eigenvalue weighted by molar-refractivity contribution is 5.58. The van der Waals surface area contributed by atoms with E-state index < -0.39 is 0 Å². The quantitative estimate of drug-likeness (QED) is 0.823. The molecule has 0 amide bonds. The zero-order valence-corrected chi connectivity index (χ0v) is 9.53. The summed E-state index contributed by atoms with van der Waals surface area (Å²) in [5.74, 6) is 0.827. The lowest BCUT2D eigenvalue weighted by atomic mass is 10.1. The number of nitrogens with zero attached hydrogens (tertiary/aromatic N) is 1. The molecule has 1 heterocycles. The maximum atomic E-state index is 5.51. The number of nitrogens with one attached hydrogen (secondary N) is 1. The van der Waals surface area contributed by atoms with Crippen molar-refractivity contribution in [1.82, 2.24) is 9.97 Å². The average molecular weight is 215 g/mol. The Morgan fingerprint density at radius 3 is 2.56 bits per heavy atom. The Balaban J connectivity index is 2.20. The molecule has 0 aliphatic carbocycles. The summed E-state index contributed by atoms with van der Waals surface area (Å²) >= 11 is 0. The van der Waals surface area contributed by atoms with Gasteiger partial charge in [0, 0.05) is 0 Å². The van der Waals surface area contributed by atoms with Crippen molar-refractivity contribution in [2.24, 2.45) is 5.73 Å². The van der Waals surface area contributed by atoms with E-state index in [9.17, 15) is 0 Å². The molecule has 0 aliphatic heterocycles. The molecule has 0 saturated heterocycles. The SMILES string of the molecule is CCCc1ccc(-c2cnc(CN)[nH]2)cc1. The molecule has 1 aromatic carbocycles. The fraction of sp³-hybridized carbons (Fsp3) is 0.308. The van der Waals surface area contributed by atoms with E-state index in [-0.39, 0.29) is 0 Å². The highest BCUT2D eigenvalue weighted by atomic mass is 14.9. The van der Waals surface area contributed by atoms with Crippen LogP contribution < -0.4 is 5.73 Å². The number of benzene rings is 1. The minimum atomic E-state index is 0.452. The Kier molecular flexibility index (Phi) is 3.37. The van der Waals surface area contributed by atoms with Gasteiger partial charge in [-0.2, -0.15) is 0 Å². The van der Waals surface area contributed by atoms with Gasteiger partial charge in [-0.25, -0.2) is 4.98 Å². The molecule has 2 aromatic rings. The second-order valence-corrected chi connectivity index (χ2v) is 3.89. The number of rotatable bonds is 4. The molecule has 0 spiro atoms. The fourth-order valence-corrected chi connectivity index (χ4v) is 1.75. The number of aryl methyl sites for hydroxylation is 1. The molecule has 0 bridgehead atoms. The monoisotopic (exact) mass is 215 g/mol. The van der Waals surface area contributed by atoms with Gasteiger partial charge in [-0.1, -0.05) is 37.6 Å². The number of hydrogen-bond donors (Lipinski definition) is 2. The number of imidazole rings is 1. The molecule has 0 fully saturated rings. The van der Waals surface area contributed by atoms with Gasteiger partial charge in [0.1, 0.15) is 5.82 Å². The Hall–Kier alpha value is -1.61. The summed E-state index contributed by atoms with van der Waals surface area (Å²) in [5, 5.41) is 0. The van der Waals surface area contributed by atoms with Crippen LogP contribution in [0.25, 0.3) is 11.3 Å². The highest BCUT2D eigenvalue weighted by Gasteiger charge is 2.01. The smallest absolute Gasteiger partial charge is 0.120 e. The zero-order chi connectivity index (χ0) is 11.4. The minimum Gasteiger partial charge on any atom is -0.341 e. The van der Waals surface area contributed by atoms with Gasteiger partial charge in [0.05, 0.1) is 18.4 Å². The number of H-pyrrole nitrogens is 1. The largest absolute Gasteiger partial charge is 0.341 e. The van der Waals surface area contributed by atoms with Crippen molar-refractivity contribution >= 4 is 0 Å². The van der Waals surface area contributed by atoms with Crippen molar-refractivity contribution in [3.8, 4) is 11.3 Å².